The Morgan fingerprint density at radius 2 is 1.96 bits per heavy atom. The molecule has 1 aliphatic carbocycles. The van der Waals surface area contributed by atoms with E-state index in [1.54, 1.807) is 7.11 Å². The van der Waals surface area contributed by atoms with Crippen molar-refractivity contribution in [1.29, 1.82) is 0 Å². The molecular formula is C21H26N4OS. The van der Waals surface area contributed by atoms with Crippen molar-refractivity contribution in [3.05, 3.63) is 46.1 Å². The average molecular weight is 383 g/mol. The van der Waals surface area contributed by atoms with E-state index < -0.39 is 0 Å². The normalized spacial score (nSPS) is 14.6. The summed E-state index contributed by atoms with van der Waals surface area (Å²) in [7, 11) is 5.92. The zero-order valence-electron chi connectivity index (χ0n) is 16.4. The highest BCUT2D eigenvalue weighted by molar-refractivity contribution is 7.19. The maximum atomic E-state index is 5.29. The number of anilines is 1. The molecule has 0 aliphatic heterocycles. The molecule has 1 aliphatic rings. The predicted molar refractivity (Wildman–Crippen MR) is 112 cm³/mol. The van der Waals surface area contributed by atoms with Crippen molar-refractivity contribution in [1.82, 2.24) is 14.9 Å². The molecular weight excluding hydrogens is 356 g/mol. The fraction of sp³-hybridized carbons (Fsp3) is 0.429. The van der Waals surface area contributed by atoms with Crippen LogP contribution in [0.15, 0.2) is 24.3 Å². The van der Waals surface area contributed by atoms with Crippen LogP contribution in [0.3, 0.4) is 0 Å². The average Bonchev–Trinajstić information content (AvgIpc) is 3.22. The van der Waals surface area contributed by atoms with Gasteiger partial charge in [0, 0.05) is 11.4 Å². The number of methoxy groups -OCH3 is 1. The maximum Gasteiger partial charge on any atom is 0.138 e. The van der Waals surface area contributed by atoms with Crippen molar-refractivity contribution < 1.29 is 4.74 Å². The minimum absolute atomic E-state index is 0.243. The lowest BCUT2D eigenvalue weighted by atomic mass is 10.1. The van der Waals surface area contributed by atoms with Crippen LogP contribution in [0.5, 0.6) is 5.75 Å². The maximum absolute atomic E-state index is 5.29. The van der Waals surface area contributed by atoms with E-state index in [2.05, 4.69) is 41.4 Å². The molecule has 27 heavy (non-hydrogen) atoms. The first-order valence-corrected chi connectivity index (χ1v) is 10.2. The van der Waals surface area contributed by atoms with Gasteiger partial charge in [-0.3, -0.25) is 0 Å². The highest BCUT2D eigenvalue weighted by Gasteiger charge is 2.23. The van der Waals surface area contributed by atoms with Crippen molar-refractivity contribution in [3.63, 3.8) is 0 Å². The number of ether oxygens (including phenoxy) is 1. The number of aryl methyl sites for hydroxylation is 3. The summed E-state index contributed by atoms with van der Waals surface area (Å²) in [4.78, 5) is 14.3. The smallest absolute Gasteiger partial charge is 0.138 e. The summed E-state index contributed by atoms with van der Waals surface area (Å²) in [5.41, 5.74) is 2.72. The molecule has 142 valence electrons. The summed E-state index contributed by atoms with van der Waals surface area (Å²) in [5, 5.41) is 4.88. The van der Waals surface area contributed by atoms with Gasteiger partial charge in [0.1, 0.15) is 22.2 Å². The van der Waals surface area contributed by atoms with E-state index in [1.807, 2.05) is 30.4 Å². The standard InChI is InChI=1S/C21H26N4OS/c1-13-23-20(19-16-6-5-7-18(16)27-21(19)24-13)22-12-17(25(2)3)14-8-10-15(26-4)11-9-14/h8-11,17H,5-7,12H2,1-4H3,(H,22,23,24). The van der Waals surface area contributed by atoms with Gasteiger partial charge < -0.3 is 15.0 Å². The molecule has 0 saturated heterocycles. The van der Waals surface area contributed by atoms with E-state index in [4.69, 9.17) is 9.72 Å². The first-order valence-electron chi connectivity index (χ1n) is 9.40. The lowest BCUT2D eigenvalue weighted by molar-refractivity contribution is 0.311. The number of benzene rings is 1. The number of thiophene rings is 1. The molecule has 1 unspecified atom stereocenters. The molecule has 2 heterocycles. The van der Waals surface area contributed by atoms with Crippen LogP contribution in [0.4, 0.5) is 5.82 Å². The molecule has 0 amide bonds. The molecule has 2 aromatic heterocycles. The third kappa shape index (κ3) is 3.51. The van der Waals surface area contributed by atoms with Crippen LogP contribution in [0, 0.1) is 6.92 Å². The minimum Gasteiger partial charge on any atom is -0.497 e. The zero-order valence-corrected chi connectivity index (χ0v) is 17.2. The largest absolute Gasteiger partial charge is 0.497 e. The van der Waals surface area contributed by atoms with Crippen LogP contribution < -0.4 is 10.1 Å². The summed E-state index contributed by atoms with van der Waals surface area (Å²) in [6, 6.07) is 8.55. The first-order chi connectivity index (χ1) is 13.1. The van der Waals surface area contributed by atoms with Crippen LogP contribution in [-0.4, -0.2) is 42.6 Å². The number of hydrogen-bond acceptors (Lipinski definition) is 6. The molecule has 4 rings (SSSR count). The third-order valence-electron chi connectivity index (χ3n) is 5.26. The van der Waals surface area contributed by atoms with Crippen LogP contribution in [0.25, 0.3) is 10.2 Å². The Labute approximate surface area is 164 Å². The van der Waals surface area contributed by atoms with Gasteiger partial charge in [-0.25, -0.2) is 9.97 Å². The molecule has 5 nitrogen and oxygen atoms in total. The van der Waals surface area contributed by atoms with Gasteiger partial charge in [-0.1, -0.05) is 12.1 Å². The van der Waals surface area contributed by atoms with E-state index in [0.29, 0.717) is 0 Å². The molecule has 1 N–H and O–H groups in total. The lowest BCUT2D eigenvalue weighted by Gasteiger charge is -2.25. The molecule has 3 aromatic rings. The Balaban J connectivity index is 1.62. The van der Waals surface area contributed by atoms with E-state index in [-0.39, 0.29) is 6.04 Å². The second-order valence-corrected chi connectivity index (χ2v) is 8.37. The highest BCUT2D eigenvalue weighted by Crippen LogP contribution is 2.39. The number of nitrogens with zero attached hydrogens (tertiary/aromatic N) is 3. The summed E-state index contributed by atoms with van der Waals surface area (Å²) >= 11 is 1.84. The Morgan fingerprint density at radius 3 is 2.67 bits per heavy atom. The van der Waals surface area contributed by atoms with Crippen LogP contribution >= 0.6 is 11.3 Å². The van der Waals surface area contributed by atoms with E-state index in [0.717, 1.165) is 35.2 Å². The SMILES string of the molecule is COc1ccc(C(CNc2nc(C)nc3sc4c(c23)CCC4)N(C)C)cc1. The van der Waals surface area contributed by atoms with Gasteiger partial charge >= 0.3 is 0 Å². The van der Waals surface area contributed by atoms with Crippen LogP contribution in [0.2, 0.25) is 0 Å². The fourth-order valence-electron chi connectivity index (χ4n) is 3.85. The number of rotatable bonds is 6. The zero-order chi connectivity index (χ0) is 19.0. The van der Waals surface area contributed by atoms with E-state index in [1.165, 1.54) is 34.2 Å². The lowest BCUT2D eigenvalue weighted by Crippen LogP contribution is -2.27. The van der Waals surface area contributed by atoms with Crippen molar-refractivity contribution in [2.24, 2.45) is 0 Å². The summed E-state index contributed by atoms with van der Waals surface area (Å²) < 4.78 is 5.29. The van der Waals surface area contributed by atoms with Gasteiger partial charge in [-0.2, -0.15) is 0 Å². The summed E-state index contributed by atoms with van der Waals surface area (Å²) in [5.74, 6) is 2.69. The summed E-state index contributed by atoms with van der Waals surface area (Å²) in [6.45, 7) is 2.76. The van der Waals surface area contributed by atoms with Gasteiger partial charge in [0.05, 0.1) is 18.5 Å². The van der Waals surface area contributed by atoms with Crippen LogP contribution in [0.1, 0.15) is 34.3 Å². The van der Waals surface area contributed by atoms with Crippen molar-refractivity contribution in [2.45, 2.75) is 32.2 Å². The molecule has 0 fully saturated rings. The molecule has 6 heteroatoms. The number of aromatic nitrogens is 2. The van der Waals surface area contributed by atoms with Crippen molar-refractivity contribution >= 4 is 27.4 Å². The number of fused-ring (bicyclic) bond motifs is 3. The van der Waals surface area contributed by atoms with Gasteiger partial charge in [0.2, 0.25) is 0 Å². The molecule has 0 bridgehead atoms. The van der Waals surface area contributed by atoms with Crippen LogP contribution in [-0.2, 0) is 12.8 Å². The highest BCUT2D eigenvalue weighted by atomic mass is 32.1. The Morgan fingerprint density at radius 1 is 1.19 bits per heavy atom. The molecule has 1 atom stereocenters. The summed E-state index contributed by atoms with van der Waals surface area (Å²) in [6.07, 6.45) is 3.57. The van der Waals surface area contributed by atoms with Gasteiger partial charge in [0.25, 0.3) is 0 Å². The van der Waals surface area contributed by atoms with E-state index >= 15 is 0 Å². The van der Waals surface area contributed by atoms with Gasteiger partial charge in [-0.05, 0) is 63.5 Å². The van der Waals surface area contributed by atoms with E-state index in [9.17, 15) is 0 Å². The number of hydrogen-bond donors (Lipinski definition) is 1. The number of likely N-dealkylation sites (N-methyl/N-ethyl adjacent to an activating group) is 1. The Bertz CT molecular complexity index is 949. The van der Waals surface area contributed by atoms with Crippen molar-refractivity contribution in [2.75, 3.05) is 33.1 Å². The van der Waals surface area contributed by atoms with Crippen molar-refractivity contribution in [3.8, 4) is 5.75 Å². The quantitative estimate of drug-likeness (QED) is 0.692. The van der Waals surface area contributed by atoms with Gasteiger partial charge in [-0.15, -0.1) is 11.3 Å². The molecule has 0 radical (unpaired) electrons. The predicted octanol–water partition coefficient (Wildman–Crippen LogP) is 4.21. The topological polar surface area (TPSA) is 50.3 Å². The minimum atomic E-state index is 0.243. The Kier molecular flexibility index (Phi) is 5.02. The number of nitrogens with one attached hydrogen (secondary N) is 1. The molecule has 1 aromatic carbocycles. The first kappa shape index (κ1) is 18.2. The second-order valence-electron chi connectivity index (χ2n) is 7.29. The third-order valence-corrected chi connectivity index (χ3v) is 6.45. The molecule has 0 saturated carbocycles. The second kappa shape index (κ2) is 7.44. The molecule has 0 spiro atoms. The Hall–Kier alpha value is -2.18. The fourth-order valence-corrected chi connectivity index (χ4v) is 5.16. The monoisotopic (exact) mass is 382 g/mol. The van der Waals surface area contributed by atoms with Gasteiger partial charge in [0.15, 0.2) is 0 Å².